The second kappa shape index (κ2) is 6.59. The molecule has 1 heterocycles. The summed E-state index contributed by atoms with van der Waals surface area (Å²) in [6, 6.07) is -0.558. The highest BCUT2D eigenvalue weighted by Gasteiger charge is 2.50. The van der Waals surface area contributed by atoms with E-state index < -0.39 is 12.0 Å². The molecule has 3 fully saturated rings. The van der Waals surface area contributed by atoms with Gasteiger partial charge in [-0.25, -0.2) is 4.79 Å². The van der Waals surface area contributed by atoms with E-state index in [2.05, 4.69) is 6.92 Å². The molecular weight excluding hydrogens is 278 g/mol. The van der Waals surface area contributed by atoms with Crippen LogP contribution in [0.1, 0.15) is 64.7 Å². The van der Waals surface area contributed by atoms with Gasteiger partial charge >= 0.3 is 5.97 Å². The summed E-state index contributed by atoms with van der Waals surface area (Å²) in [5, 5.41) is 9.62. The second-order valence-corrected chi connectivity index (χ2v) is 7.62. The van der Waals surface area contributed by atoms with Crippen LogP contribution in [0.25, 0.3) is 0 Å². The molecule has 4 heteroatoms. The Morgan fingerprint density at radius 1 is 1.14 bits per heavy atom. The predicted molar refractivity (Wildman–Crippen MR) is 84.3 cm³/mol. The van der Waals surface area contributed by atoms with Gasteiger partial charge in [0.15, 0.2) is 0 Å². The smallest absolute Gasteiger partial charge is 0.326 e. The van der Waals surface area contributed by atoms with E-state index in [-0.39, 0.29) is 17.7 Å². The molecule has 124 valence electrons. The molecule has 1 amide bonds. The lowest BCUT2D eigenvalue weighted by atomic mass is 9.89. The van der Waals surface area contributed by atoms with E-state index in [1.54, 1.807) is 4.90 Å². The molecule has 3 aliphatic rings. The highest BCUT2D eigenvalue weighted by Crippen LogP contribution is 2.43. The molecule has 4 atom stereocenters. The number of carboxylic acid groups (broad SMARTS) is 1. The van der Waals surface area contributed by atoms with Crippen LogP contribution < -0.4 is 0 Å². The number of amides is 1. The van der Waals surface area contributed by atoms with Gasteiger partial charge in [-0.1, -0.05) is 39.0 Å². The SMILES string of the molecule is CCC(CC1CCCC1)C(=O)N1CC2CCCC2C1C(=O)O. The Kier molecular flexibility index (Phi) is 4.74. The average Bonchev–Trinajstić information content (AvgIpc) is 3.19. The number of carboxylic acids is 1. The summed E-state index contributed by atoms with van der Waals surface area (Å²) in [5.41, 5.74) is 0. The molecule has 0 radical (unpaired) electrons. The van der Waals surface area contributed by atoms with Gasteiger partial charge in [-0.3, -0.25) is 4.79 Å². The highest BCUT2D eigenvalue weighted by molar-refractivity contribution is 5.86. The molecule has 1 N–H and O–H groups in total. The summed E-state index contributed by atoms with van der Waals surface area (Å²) in [5.74, 6) is 0.664. The Hall–Kier alpha value is -1.06. The number of hydrogen-bond acceptors (Lipinski definition) is 2. The van der Waals surface area contributed by atoms with E-state index in [9.17, 15) is 14.7 Å². The molecule has 1 aliphatic heterocycles. The summed E-state index contributed by atoms with van der Waals surface area (Å²) in [6.07, 6.45) is 10.1. The Labute approximate surface area is 133 Å². The fourth-order valence-corrected chi connectivity index (χ4v) is 5.17. The fraction of sp³-hybridized carbons (Fsp3) is 0.889. The van der Waals surface area contributed by atoms with E-state index in [1.165, 1.54) is 25.7 Å². The molecule has 4 nitrogen and oxygen atoms in total. The first-order chi connectivity index (χ1) is 10.6. The lowest BCUT2D eigenvalue weighted by Crippen LogP contribution is -2.46. The minimum Gasteiger partial charge on any atom is -0.480 e. The van der Waals surface area contributed by atoms with Gasteiger partial charge in [-0.05, 0) is 43.4 Å². The van der Waals surface area contributed by atoms with Crippen molar-refractivity contribution >= 4 is 11.9 Å². The summed E-state index contributed by atoms with van der Waals surface area (Å²) < 4.78 is 0. The van der Waals surface area contributed by atoms with Gasteiger partial charge < -0.3 is 10.0 Å². The molecule has 2 saturated carbocycles. The minimum atomic E-state index is -0.793. The van der Waals surface area contributed by atoms with Crippen LogP contribution in [-0.2, 0) is 9.59 Å². The van der Waals surface area contributed by atoms with Gasteiger partial charge in [0.05, 0.1) is 0 Å². The van der Waals surface area contributed by atoms with Gasteiger partial charge in [0.25, 0.3) is 0 Å². The zero-order valence-corrected chi connectivity index (χ0v) is 13.7. The maximum atomic E-state index is 13.0. The van der Waals surface area contributed by atoms with Crippen LogP contribution in [0.3, 0.4) is 0 Å². The first-order valence-corrected chi connectivity index (χ1v) is 9.15. The number of nitrogens with zero attached hydrogens (tertiary/aromatic N) is 1. The second-order valence-electron chi connectivity index (χ2n) is 7.62. The summed E-state index contributed by atoms with van der Waals surface area (Å²) in [7, 11) is 0. The van der Waals surface area contributed by atoms with Crippen molar-refractivity contribution in [3.63, 3.8) is 0 Å². The van der Waals surface area contributed by atoms with Crippen molar-refractivity contribution in [1.29, 1.82) is 0 Å². The number of carbonyl (C=O) groups excluding carboxylic acids is 1. The Morgan fingerprint density at radius 2 is 1.86 bits per heavy atom. The van der Waals surface area contributed by atoms with Gasteiger partial charge in [0.1, 0.15) is 6.04 Å². The van der Waals surface area contributed by atoms with Crippen LogP contribution in [0.4, 0.5) is 0 Å². The predicted octanol–water partition coefficient (Wildman–Crippen LogP) is 3.30. The molecule has 4 unspecified atom stereocenters. The molecule has 0 bridgehead atoms. The van der Waals surface area contributed by atoms with Crippen LogP contribution in [0.5, 0.6) is 0 Å². The average molecular weight is 307 g/mol. The lowest BCUT2D eigenvalue weighted by molar-refractivity contribution is -0.151. The van der Waals surface area contributed by atoms with Gasteiger partial charge in [0.2, 0.25) is 5.91 Å². The monoisotopic (exact) mass is 307 g/mol. The van der Waals surface area contributed by atoms with Crippen molar-refractivity contribution in [1.82, 2.24) is 4.90 Å². The summed E-state index contributed by atoms with van der Waals surface area (Å²) >= 11 is 0. The van der Waals surface area contributed by atoms with E-state index in [0.717, 1.165) is 32.1 Å². The molecular formula is C18H29NO3. The lowest BCUT2D eigenvalue weighted by Gasteiger charge is -2.29. The first-order valence-electron chi connectivity index (χ1n) is 9.15. The molecule has 0 spiro atoms. The van der Waals surface area contributed by atoms with E-state index in [4.69, 9.17) is 0 Å². The number of hydrogen-bond donors (Lipinski definition) is 1. The Morgan fingerprint density at radius 3 is 2.50 bits per heavy atom. The molecule has 0 aromatic rings. The summed E-state index contributed by atoms with van der Waals surface area (Å²) in [4.78, 5) is 26.4. The van der Waals surface area contributed by atoms with Crippen molar-refractivity contribution in [3.8, 4) is 0 Å². The molecule has 2 aliphatic carbocycles. The maximum Gasteiger partial charge on any atom is 0.326 e. The quantitative estimate of drug-likeness (QED) is 0.848. The van der Waals surface area contributed by atoms with Crippen molar-refractivity contribution in [2.45, 2.75) is 70.8 Å². The maximum absolute atomic E-state index is 13.0. The van der Waals surface area contributed by atoms with Crippen LogP contribution >= 0.6 is 0 Å². The number of rotatable bonds is 5. The molecule has 0 aromatic carbocycles. The van der Waals surface area contributed by atoms with E-state index >= 15 is 0 Å². The topological polar surface area (TPSA) is 57.6 Å². The Bertz CT molecular complexity index is 430. The number of likely N-dealkylation sites (tertiary alicyclic amines) is 1. The normalized spacial score (nSPS) is 33.1. The number of aliphatic carboxylic acids is 1. The van der Waals surface area contributed by atoms with E-state index in [0.29, 0.717) is 18.4 Å². The molecule has 0 aromatic heterocycles. The highest BCUT2D eigenvalue weighted by atomic mass is 16.4. The zero-order chi connectivity index (χ0) is 15.7. The van der Waals surface area contributed by atoms with Crippen LogP contribution in [0.2, 0.25) is 0 Å². The van der Waals surface area contributed by atoms with Crippen molar-refractivity contribution in [2.24, 2.45) is 23.7 Å². The number of fused-ring (bicyclic) bond motifs is 1. The largest absolute Gasteiger partial charge is 0.480 e. The van der Waals surface area contributed by atoms with Gasteiger partial charge in [0, 0.05) is 12.5 Å². The van der Waals surface area contributed by atoms with Crippen LogP contribution in [-0.4, -0.2) is 34.5 Å². The zero-order valence-electron chi connectivity index (χ0n) is 13.7. The standard InChI is InChI=1S/C18H29NO3/c1-2-13(10-12-6-3-4-7-12)17(20)19-11-14-8-5-9-15(14)16(19)18(21)22/h12-16H,2-11H2,1H3,(H,21,22). The van der Waals surface area contributed by atoms with E-state index in [1.807, 2.05) is 0 Å². The minimum absolute atomic E-state index is 0.0313. The van der Waals surface area contributed by atoms with Crippen LogP contribution in [0, 0.1) is 23.7 Å². The third-order valence-electron chi connectivity index (χ3n) is 6.36. The van der Waals surface area contributed by atoms with Crippen LogP contribution in [0.15, 0.2) is 0 Å². The third kappa shape index (κ3) is 2.89. The summed E-state index contributed by atoms with van der Waals surface area (Å²) in [6.45, 7) is 2.76. The molecule has 1 saturated heterocycles. The van der Waals surface area contributed by atoms with Crippen molar-refractivity contribution in [2.75, 3.05) is 6.54 Å². The third-order valence-corrected chi connectivity index (χ3v) is 6.36. The van der Waals surface area contributed by atoms with Crippen molar-refractivity contribution < 1.29 is 14.7 Å². The number of carbonyl (C=O) groups is 2. The first kappa shape index (κ1) is 15.8. The molecule has 3 rings (SSSR count). The van der Waals surface area contributed by atoms with Gasteiger partial charge in [-0.15, -0.1) is 0 Å². The van der Waals surface area contributed by atoms with Crippen molar-refractivity contribution in [3.05, 3.63) is 0 Å². The molecule has 22 heavy (non-hydrogen) atoms. The van der Waals surface area contributed by atoms with Gasteiger partial charge in [-0.2, -0.15) is 0 Å². The fourth-order valence-electron chi connectivity index (χ4n) is 5.17. The Balaban J connectivity index is 1.70.